The van der Waals surface area contributed by atoms with Gasteiger partial charge in [-0.25, -0.2) is 0 Å². The minimum Gasteiger partial charge on any atom is -1.00 e. The van der Waals surface area contributed by atoms with Crippen molar-refractivity contribution in [1.29, 1.82) is 0 Å². The standard InChI is InChI=1S/C49H57Si.2ClH.Zr/c1-9-50(10-2)32-49(7,8)38-25-27-42(43(31-38)34-18-12-11-13-19-34)45-30-36-21-15-17-23-41(36)47(45)46-40-22-16-14-20-35(40)29-44(46)39-26-24-37(28-33(39)3)48(4,5)6;;;/h14-17,20-32,34,46H,9-13,18-19H2,1-8H3;2*1H;/q-1;;;+3/p-2. The zero-order valence-corrected chi connectivity index (χ0v) is 38.1. The first-order valence-corrected chi connectivity index (χ1v) is 21.4. The maximum absolute atomic E-state index is 2.74. The third-order valence-corrected chi connectivity index (χ3v) is 15.0. The molecule has 2 aliphatic rings. The molecule has 2 aliphatic carbocycles. The van der Waals surface area contributed by atoms with Gasteiger partial charge in [0.25, 0.3) is 0 Å². The average Bonchev–Trinajstić information content (AvgIpc) is 3.68. The van der Waals surface area contributed by atoms with Gasteiger partial charge in [0, 0.05) is 19.7 Å². The van der Waals surface area contributed by atoms with Gasteiger partial charge in [0.2, 0.25) is 0 Å². The Morgan fingerprint density at radius 2 is 1.38 bits per heavy atom. The molecule has 0 N–H and O–H groups in total. The molecule has 0 aromatic heterocycles. The second kappa shape index (κ2) is 17.7. The number of rotatable bonds is 8. The molecule has 1 fully saturated rings. The fourth-order valence-electron chi connectivity index (χ4n) is 9.11. The van der Waals surface area contributed by atoms with Crippen molar-refractivity contribution >= 4 is 36.5 Å². The van der Waals surface area contributed by atoms with Crippen LogP contribution in [-0.2, 0) is 37.0 Å². The van der Waals surface area contributed by atoms with E-state index in [1.54, 1.807) is 5.56 Å². The van der Waals surface area contributed by atoms with Crippen LogP contribution in [-0.4, -0.2) is 14.1 Å². The summed E-state index contributed by atoms with van der Waals surface area (Å²) in [6.45, 7) is 19.0. The van der Waals surface area contributed by atoms with E-state index in [0.717, 1.165) is 0 Å². The molecule has 0 heterocycles. The first kappa shape index (κ1) is 43.5. The quantitative estimate of drug-likeness (QED) is 0.111. The summed E-state index contributed by atoms with van der Waals surface area (Å²) in [6.07, 6.45) is 9.14. The van der Waals surface area contributed by atoms with Gasteiger partial charge in [0.1, 0.15) is 0 Å². The number of benzene rings is 4. The van der Waals surface area contributed by atoms with Crippen LogP contribution in [0, 0.1) is 6.92 Å². The molecule has 275 valence electrons. The molecule has 5 aromatic carbocycles. The number of fused-ring (bicyclic) bond motifs is 2. The molecule has 0 spiro atoms. The molecule has 1 saturated carbocycles. The molecule has 0 saturated heterocycles. The van der Waals surface area contributed by atoms with Crippen LogP contribution in [0.3, 0.4) is 0 Å². The maximum Gasteiger partial charge on any atom is 3.00 e. The first-order valence-electron chi connectivity index (χ1n) is 19.5. The summed E-state index contributed by atoms with van der Waals surface area (Å²) in [5.41, 5.74) is 18.7. The zero-order chi connectivity index (χ0) is 35.2. The SMILES string of the molecule is CC[Si](=CC(C)(C)c1ccc(-c2[cH-]c3ccccc3c2C2C(c3ccc(C(C)(C)C)cc3C)=Cc3ccccc32)c(C2CCCCC2)c1)CC.[Cl-].[Cl-].[Zr+3]. The van der Waals surface area contributed by atoms with Crippen molar-refractivity contribution < 1.29 is 51.0 Å². The van der Waals surface area contributed by atoms with Crippen molar-refractivity contribution in [1.82, 2.24) is 0 Å². The number of hydrogen-bond acceptors (Lipinski definition) is 0. The van der Waals surface area contributed by atoms with E-state index >= 15 is 0 Å². The van der Waals surface area contributed by atoms with Crippen LogP contribution in [0.15, 0.2) is 91.0 Å². The van der Waals surface area contributed by atoms with Gasteiger partial charge in [0.15, 0.2) is 0 Å². The molecule has 1 radical (unpaired) electrons. The van der Waals surface area contributed by atoms with E-state index in [2.05, 4.69) is 158 Å². The van der Waals surface area contributed by atoms with Crippen LogP contribution in [0.5, 0.6) is 0 Å². The zero-order valence-electron chi connectivity index (χ0n) is 33.2. The van der Waals surface area contributed by atoms with Gasteiger partial charge in [-0.2, -0.15) is 0 Å². The van der Waals surface area contributed by atoms with Gasteiger partial charge < -0.3 is 24.8 Å². The van der Waals surface area contributed by atoms with Crippen molar-refractivity contribution in [3.8, 4) is 11.1 Å². The van der Waals surface area contributed by atoms with Crippen LogP contribution < -0.4 is 24.8 Å². The van der Waals surface area contributed by atoms with Crippen LogP contribution in [0.4, 0.5) is 0 Å². The maximum atomic E-state index is 2.74. The summed E-state index contributed by atoms with van der Waals surface area (Å²) in [6, 6.07) is 38.4. The summed E-state index contributed by atoms with van der Waals surface area (Å²) in [5, 5.41) is 2.75. The molecule has 0 amide bonds. The normalized spacial score (nSPS) is 15.8. The molecule has 5 aromatic rings. The number of allylic oxidation sites excluding steroid dienone is 1. The Morgan fingerprint density at radius 3 is 2.06 bits per heavy atom. The van der Waals surface area contributed by atoms with Crippen molar-refractivity contribution in [3.05, 3.63) is 136 Å². The van der Waals surface area contributed by atoms with Gasteiger partial charge in [-0.15, -0.1) is 34.0 Å². The summed E-state index contributed by atoms with van der Waals surface area (Å²) in [5.74, 6) is 0.781. The van der Waals surface area contributed by atoms with Crippen molar-refractivity contribution in [3.63, 3.8) is 0 Å². The van der Waals surface area contributed by atoms with Crippen LogP contribution in [0.2, 0.25) is 12.1 Å². The fourth-order valence-corrected chi connectivity index (χ4v) is 11.2. The van der Waals surface area contributed by atoms with Gasteiger partial charge in [0.05, 0.1) is 0 Å². The average molecular weight is 836 g/mol. The van der Waals surface area contributed by atoms with E-state index in [0.29, 0.717) is 5.92 Å². The Kier molecular flexibility index (Phi) is 14.5. The largest absolute Gasteiger partial charge is 3.00 e. The Bertz CT molecular complexity index is 2090. The minimum atomic E-state index is -0.467. The molecule has 4 heteroatoms. The van der Waals surface area contributed by atoms with Crippen LogP contribution in [0.1, 0.15) is 137 Å². The van der Waals surface area contributed by atoms with Crippen LogP contribution >= 0.6 is 0 Å². The number of aryl methyl sites for hydroxylation is 1. The Morgan fingerprint density at radius 1 is 0.736 bits per heavy atom. The predicted octanol–water partition coefficient (Wildman–Crippen LogP) is 7.77. The van der Waals surface area contributed by atoms with E-state index in [1.807, 2.05) is 0 Å². The van der Waals surface area contributed by atoms with Gasteiger partial charge >= 0.3 is 26.2 Å². The Hall–Kier alpha value is -2.22. The fraction of sp³-hybridized carbons (Fsp3) is 0.388. The predicted molar refractivity (Wildman–Crippen MR) is 223 cm³/mol. The summed E-state index contributed by atoms with van der Waals surface area (Å²) < 4.78 is 0. The summed E-state index contributed by atoms with van der Waals surface area (Å²) in [7, 11) is -0.467. The van der Waals surface area contributed by atoms with Crippen molar-refractivity contribution in [2.24, 2.45) is 0 Å². The van der Waals surface area contributed by atoms with E-state index < -0.39 is 8.41 Å². The third kappa shape index (κ3) is 8.63. The molecule has 0 bridgehead atoms. The third-order valence-electron chi connectivity index (χ3n) is 12.1. The molecule has 53 heavy (non-hydrogen) atoms. The smallest absolute Gasteiger partial charge is 1.00 e. The molecule has 0 nitrogen and oxygen atoms in total. The Balaban J connectivity index is 0.00000209. The number of halogens is 2. The monoisotopic (exact) mass is 833 g/mol. The van der Waals surface area contributed by atoms with Gasteiger partial charge in [-0.3, -0.25) is 0 Å². The van der Waals surface area contributed by atoms with Crippen molar-refractivity contribution in [2.75, 3.05) is 0 Å². The molecule has 1 atom stereocenters. The van der Waals surface area contributed by atoms with Gasteiger partial charge in [-0.05, 0) is 82.1 Å². The molecular formula is C49H57Cl2SiZr. The first-order chi connectivity index (χ1) is 24.0. The van der Waals surface area contributed by atoms with E-state index in [4.69, 9.17) is 0 Å². The summed E-state index contributed by atoms with van der Waals surface area (Å²) in [4.78, 5) is 0. The molecule has 1 unspecified atom stereocenters. The number of hydrogen-bond donors (Lipinski definition) is 0. The van der Waals surface area contributed by atoms with E-state index in [-0.39, 0.29) is 67.8 Å². The Labute approximate surface area is 353 Å². The van der Waals surface area contributed by atoms with E-state index in [1.165, 1.54) is 111 Å². The van der Waals surface area contributed by atoms with Crippen LogP contribution in [0.25, 0.3) is 33.5 Å². The molecule has 7 rings (SSSR count). The second-order valence-electron chi connectivity index (χ2n) is 16.9. The van der Waals surface area contributed by atoms with E-state index in [9.17, 15) is 0 Å². The molecule has 0 aliphatic heterocycles. The van der Waals surface area contributed by atoms with Crippen molar-refractivity contribution in [2.45, 2.75) is 122 Å². The molecular weight excluding hydrogens is 779 g/mol. The second-order valence-corrected chi connectivity index (χ2v) is 19.9. The summed E-state index contributed by atoms with van der Waals surface area (Å²) >= 11 is 0. The topological polar surface area (TPSA) is 0 Å². The minimum absolute atomic E-state index is 0. The van der Waals surface area contributed by atoms with Gasteiger partial charge in [-0.1, -0.05) is 169 Å².